The van der Waals surface area contributed by atoms with Crippen LogP contribution in [0.2, 0.25) is 0 Å². The first-order valence-corrected chi connectivity index (χ1v) is 6.97. The van der Waals surface area contributed by atoms with Gasteiger partial charge in [0.05, 0.1) is 5.54 Å². The average molecular weight is 267 g/mol. The molecular weight excluding hydrogens is 248 g/mol. The number of aromatic nitrogens is 1. The van der Waals surface area contributed by atoms with E-state index in [9.17, 15) is 4.79 Å². The number of nitrogens with one attached hydrogen (secondary N) is 1. The van der Waals surface area contributed by atoms with Crippen LogP contribution in [0.3, 0.4) is 0 Å². The summed E-state index contributed by atoms with van der Waals surface area (Å²) < 4.78 is 0. The first-order chi connectivity index (χ1) is 8.65. The lowest BCUT2D eigenvalue weighted by molar-refractivity contribution is 0.0872. The number of rotatable bonds is 3. The van der Waals surface area contributed by atoms with Crippen LogP contribution < -0.4 is 5.32 Å². The highest BCUT2D eigenvalue weighted by atomic mass is 35.5. The van der Waals surface area contributed by atoms with E-state index in [1.54, 1.807) is 24.5 Å². The molecule has 2 rings (SSSR count). The first kappa shape index (κ1) is 13.3. The van der Waals surface area contributed by atoms with Crippen LogP contribution in [0.1, 0.15) is 43.0 Å². The summed E-state index contributed by atoms with van der Waals surface area (Å²) in [5.74, 6) is 1.17. The van der Waals surface area contributed by atoms with E-state index in [1.807, 2.05) is 0 Å². The highest BCUT2D eigenvalue weighted by Crippen LogP contribution is 2.33. The SMILES string of the molecule is CC1CCC(CCl)(NC(=O)c2ccncc2)CC1. The van der Waals surface area contributed by atoms with Crippen molar-refractivity contribution in [2.75, 3.05) is 5.88 Å². The van der Waals surface area contributed by atoms with Gasteiger partial charge in [0.25, 0.3) is 5.91 Å². The van der Waals surface area contributed by atoms with Crippen molar-refractivity contribution in [3.8, 4) is 0 Å². The molecule has 1 aromatic heterocycles. The molecule has 0 unspecified atom stereocenters. The van der Waals surface area contributed by atoms with E-state index >= 15 is 0 Å². The second kappa shape index (κ2) is 5.70. The molecule has 1 aliphatic rings. The zero-order valence-electron chi connectivity index (χ0n) is 10.7. The largest absolute Gasteiger partial charge is 0.345 e. The zero-order chi connectivity index (χ0) is 13.0. The molecule has 0 atom stereocenters. The fourth-order valence-electron chi connectivity index (χ4n) is 2.42. The number of halogens is 1. The van der Waals surface area contributed by atoms with E-state index in [4.69, 9.17) is 11.6 Å². The number of amides is 1. The van der Waals surface area contributed by atoms with Gasteiger partial charge in [-0.15, -0.1) is 11.6 Å². The number of carbonyl (C=O) groups excluding carboxylic acids is 1. The third-order valence-corrected chi connectivity index (χ3v) is 4.32. The van der Waals surface area contributed by atoms with E-state index in [0.717, 1.165) is 31.6 Å². The molecule has 0 aliphatic heterocycles. The number of nitrogens with zero attached hydrogens (tertiary/aromatic N) is 1. The second-order valence-corrected chi connectivity index (χ2v) is 5.55. The predicted octanol–water partition coefficient (Wildman–Crippen LogP) is 3.00. The van der Waals surface area contributed by atoms with Gasteiger partial charge in [0, 0.05) is 23.8 Å². The molecule has 1 fully saturated rings. The summed E-state index contributed by atoms with van der Waals surface area (Å²) >= 11 is 6.09. The van der Waals surface area contributed by atoms with Crippen molar-refractivity contribution in [3.05, 3.63) is 30.1 Å². The summed E-state index contributed by atoms with van der Waals surface area (Å²) in [4.78, 5) is 16.1. The van der Waals surface area contributed by atoms with Gasteiger partial charge in [-0.25, -0.2) is 0 Å². The molecule has 1 amide bonds. The van der Waals surface area contributed by atoms with E-state index in [1.165, 1.54) is 0 Å². The highest BCUT2D eigenvalue weighted by molar-refractivity contribution is 6.19. The molecule has 0 saturated heterocycles. The maximum absolute atomic E-state index is 12.2. The molecule has 1 saturated carbocycles. The average Bonchev–Trinajstić information content (AvgIpc) is 2.43. The molecular formula is C14H19ClN2O. The monoisotopic (exact) mass is 266 g/mol. The number of carbonyl (C=O) groups is 1. The molecule has 0 spiro atoms. The maximum Gasteiger partial charge on any atom is 0.251 e. The van der Waals surface area contributed by atoms with Crippen molar-refractivity contribution < 1.29 is 4.79 Å². The zero-order valence-corrected chi connectivity index (χ0v) is 11.4. The molecule has 1 heterocycles. The summed E-state index contributed by atoms with van der Waals surface area (Å²) in [7, 11) is 0. The Morgan fingerprint density at radius 1 is 1.44 bits per heavy atom. The molecule has 98 valence electrons. The first-order valence-electron chi connectivity index (χ1n) is 6.44. The lowest BCUT2D eigenvalue weighted by atomic mass is 9.78. The van der Waals surface area contributed by atoms with Crippen LogP contribution >= 0.6 is 11.6 Å². The molecule has 0 radical (unpaired) electrons. The van der Waals surface area contributed by atoms with E-state index in [2.05, 4.69) is 17.2 Å². The molecule has 0 aromatic carbocycles. The predicted molar refractivity (Wildman–Crippen MR) is 72.8 cm³/mol. The van der Waals surface area contributed by atoms with Crippen molar-refractivity contribution in [1.82, 2.24) is 10.3 Å². The van der Waals surface area contributed by atoms with Crippen LogP contribution in [0.15, 0.2) is 24.5 Å². The van der Waals surface area contributed by atoms with Crippen molar-refractivity contribution in [2.24, 2.45) is 5.92 Å². The molecule has 0 bridgehead atoms. The van der Waals surface area contributed by atoms with Crippen LogP contribution in [0.25, 0.3) is 0 Å². The van der Waals surface area contributed by atoms with E-state index in [0.29, 0.717) is 11.4 Å². The quantitative estimate of drug-likeness (QED) is 0.855. The Bertz CT molecular complexity index is 400. The Labute approximate surface area is 113 Å². The topological polar surface area (TPSA) is 42.0 Å². The van der Waals surface area contributed by atoms with Crippen molar-refractivity contribution >= 4 is 17.5 Å². The van der Waals surface area contributed by atoms with Crippen LogP contribution in [0, 0.1) is 5.92 Å². The summed E-state index contributed by atoms with van der Waals surface area (Å²) in [5, 5.41) is 3.12. The van der Waals surface area contributed by atoms with E-state index in [-0.39, 0.29) is 11.4 Å². The smallest absolute Gasteiger partial charge is 0.251 e. The van der Waals surface area contributed by atoms with Crippen LogP contribution in [0.5, 0.6) is 0 Å². The van der Waals surface area contributed by atoms with Gasteiger partial charge < -0.3 is 5.32 Å². The molecule has 4 heteroatoms. The Morgan fingerprint density at radius 3 is 2.61 bits per heavy atom. The Kier molecular flexibility index (Phi) is 4.23. The third kappa shape index (κ3) is 3.02. The Hall–Kier alpha value is -1.09. The van der Waals surface area contributed by atoms with Gasteiger partial charge in [0.1, 0.15) is 0 Å². The molecule has 18 heavy (non-hydrogen) atoms. The van der Waals surface area contributed by atoms with Gasteiger partial charge >= 0.3 is 0 Å². The summed E-state index contributed by atoms with van der Waals surface area (Å²) in [6, 6.07) is 3.45. The van der Waals surface area contributed by atoms with Crippen LogP contribution in [0.4, 0.5) is 0 Å². The van der Waals surface area contributed by atoms with Crippen molar-refractivity contribution in [1.29, 1.82) is 0 Å². The summed E-state index contributed by atoms with van der Waals surface area (Å²) in [5.41, 5.74) is 0.419. The number of hydrogen-bond acceptors (Lipinski definition) is 2. The lowest BCUT2D eigenvalue weighted by Gasteiger charge is -2.38. The molecule has 1 aromatic rings. The van der Waals surface area contributed by atoms with Gasteiger partial charge in [0.2, 0.25) is 0 Å². The fourth-order valence-corrected chi connectivity index (χ4v) is 2.76. The third-order valence-electron chi connectivity index (χ3n) is 3.81. The van der Waals surface area contributed by atoms with Gasteiger partial charge in [-0.05, 0) is 43.7 Å². The molecule has 1 N–H and O–H groups in total. The number of alkyl halides is 1. The minimum atomic E-state index is -0.228. The number of hydrogen-bond donors (Lipinski definition) is 1. The van der Waals surface area contributed by atoms with Gasteiger partial charge in [0.15, 0.2) is 0 Å². The standard InChI is InChI=1S/C14H19ClN2O/c1-11-2-6-14(10-15,7-3-11)17-13(18)12-4-8-16-9-5-12/h4-5,8-9,11H,2-3,6-7,10H2,1H3,(H,17,18). The Morgan fingerprint density at radius 2 is 2.06 bits per heavy atom. The van der Waals surface area contributed by atoms with Crippen LogP contribution in [-0.4, -0.2) is 22.3 Å². The van der Waals surface area contributed by atoms with E-state index < -0.39 is 0 Å². The minimum absolute atomic E-state index is 0.0485. The minimum Gasteiger partial charge on any atom is -0.345 e. The summed E-state index contributed by atoms with van der Waals surface area (Å²) in [6.45, 7) is 2.25. The van der Waals surface area contributed by atoms with Crippen LogP contribution in [-0.2, 0) is 0 Å². The summed E-state index contributed by atoms with van der Waals surface area (Å²) in [6.07, 6.45) is 7.45. The Balaban J connectivity index is 2.05. The lowest BCUT2D eigenvalue weighted by Crippen LogP contribution is -2.52. The highest BCUT2D eigenvalue weighted by Gasteiger charge is 2.34. The van der Waals surface area contributed by atoms with Gasteiger partial charge in [-0.2, -0.15) is 0 Å². The normalized spacial score (nSPS) is 27.8. The van der Waals surface area contributed by atoms with Gasteiger partial charge in [-0.1, -0.05) is 6.92 Å². The number of pyridine rings is 1. The molecule has 3 nitrogen and oxygen atoms in total. The second-order valence-electron chi connectivity index (χ2n) is 5.29. The maximum atomic E-state index is 12.2. The fraction of sp³-hybridized carbons (Fsp3) is 0.571. The van der Waals surface area contributed by atoms with Crippen molar-refractivity contribution in [2.45, 2.75) is 38.1 Å². The van der Waals surface area contributed by atoms with Crippen molar-refractivity contribution in [3.63, 3.8) is 0 Å². The van der Waals surface area contributed by atoms with Gasteiger partial charge in [-0.3, -0.25) is 9.78 Å². The molecule has 1 aliphatic carbocycles.